The first-order valence-electron chi connectivity index (χ1n) is 8.29. The summed E-state index contributed by atoms with van der Waals surface area (Å²) in [6.07, 6.45) is 4.81. The minimum atomic E-state index is 0.656. The third-order valence-corrected chi connectivity index (χ3v) is 3.40. The molecule has 0 saturated carbocycles. The van der Waals surface area contributed by atoms with Crippen molar-refractivity contribution in [1.29, 1.82) is 0 Å². The second-order valence-electron chi connectivity index (χ2n) is 5.08. The van der Waals surface area contributed by atoms with Crippen molar-refractivity contribution in [3.05, 3.63) is 0 Å². The Labute approximate surface area is 125 Å². The first-order chi connectivity index (χ1) is 9.85. The number of hydrogen-bond acceptors (Lipinski definition) is 4. The van der Waals surface area contributed by atoms with Crippen LogP contribution in [-0.2, 0) is 14.2 Å². The third kappa shape index (κ3) is 14.3. The molecule has 1 N–H and O–H groups in total. The molecule has 0 aliphatic heterocycles. The van der Waals surface area contributed by atoms with E-state index in [0.717, 1.165) is 38.6 Å². The van der Waals surface area contributed by atoms with Gasteiger partial charge >= 0.3 is 0 Å². The van der Waals surface area contributed by atoms with Crippen LogP contribution in [0.15, 0.2) is 0 Å². The van der Waals surface area contributed by atoms with E-state index < -0.39 is 0 Å². The number of hydrogen-bond donors (Lipinski definition) is 1. The Hall–Kier alpha value is -0.160. The molecule has 20 heavy (non-hydrogen) atoms. The van der Waals surface area contributed by atoms with Crippen molar-refractivity contribution < 1.29 is 14.2 Å². The second-order valence-corrected chi connectivity index (χ2v) is 5.08. The predicted octanol–water partition coefficient (Wildman–Crippen LogP) is 2.86. The van der Waals surface area contributed by atoms with Gasteiger partial charge in [0, 0.05) is 13.2 Å². The summed E-state index contributed by atoms with van der Waals surface area (Å²) in [5, 5.41) is 3.43. The minimum absolute atomic E-state index is 0.656. The molecule has 4 nitrogen and oxygen atoms in total. The molecule has 0 spiro atoms. The molecule has 0 aromatic rings. The molecule has 122 valence electrons. The largest absolute Gasteiger partial charge is 0.379 e. The lowest BCUT2D eigenvalue weighted by Gasteiger charge is -2.13. The fourth-order valence-electron chi connectivity index (χ4n) is 1.82. The fraction of sp³-hybridized carbons (Fsp3) is 1.00. The first kappa shape index (κ1) is 19.8. The van der Waals surface area contributed by atoms with E-state index in [1.165, 1.54) is 19.3 Å². The molecule has 0 aromatic heterocycles. The molecule has 0 fully saturated rings. The third-order valence-electron chi connectivity index (χ3n) is 3.40. The first-order valence-corrected chi connectivity index (χ1v) is 8.29. The molecule has 0 aromatic carbocycles. The van der Waals surface area contributed by atoms with Gasteiger partial charge in [-0.2, -0.15) is 0 Å². The van der Waals surface area contributed by atoms with Crippen LogP contribution < -0.4 is 5.32 Å². The molecule has 0 aliphatic carbocycles. The average molecular weight is 289 g/mol. The summed E-state index contributed by atoms with van der Waals surface area (Å²) >= 11 is 0. The molecule has 0 radical (unpaired) electrons. The molecule has 0 rings (SSSR count). The Balaban J connectivity index is 3.02. The summed E-state index contributed by atoms with van der Waals surface area (Å²) < 4.78 is 16.3. The predicted molar refractivity (Wildman–Crippen MR) is 84.3 cm³/mol. The van der Waals surface area contributed by atoms with Gasteiger partial charge in [0.05, 0.1) is 33.0 Å². The van der Waals surface area contributed by atoms with E-state index in [4.69, 9.17) is 14.2 Å². The molecule has 4 heteroatoms. The van der Waals surface area contributed by atoms with Crippen molar-refractivity contribution in [3.8, 4) is 0 Å². The van der Waals surface area contributed by atoms with E-state index in [1.54, 1.807) is 0 Å². The Morgan fingerprint density at radius 1 is 0.750 bits per heavy atom. The fourth-order valence-corrected chi connectivity index (χ4v) is 1.82. The van der Waals surface area contributed by atoms with Crippen LogP contribution in [-0.4, -0.2) is 52.7 Å². The monoisotopic (exact) mass is 289 g/mol. The molecule has 0 aliphatic rings. The lowest BCUT2D eigenvalue weighted by atomic mass is 10.0. The van der Waals surface area contributed by atoms with E-state index in [1.807, 2.05) is 0 Å². The Bertz CT molecular complexity index is 175. The lowest BCUT2D eigenvalue weighted by molar-refractivity contribution is 0.0146. The molecule has 0 amide bonds. The van der Waals surface area contributed by atoms with Crippen LogP contribution in [0.3, 0.4) is 0 Å². The summed E-state index contributed by atoms with van der Waals surface area (Å²) in [6.45, 7) is 13.0. The zero-order valence-electron chi connectivity index (χ0n) is 13.8. The van der Waals surface area contributed by atoms with Crippen molar-refractivity contribution in [3.63, 3.8) is 0 Å². The zero-order chi connectivity index (χ0) is 14.9. The highest BCUT2D eigenvalue weighted by atomic mass is 16.5. The van der Waals surface area contributed by atoms with Gasteiger partial charge in [0.25, 0.3) is 0 Å². The summed E-state index contributed by atoms with van der Waals surface area (Å²) in [6, 6.07) is 0. The second kappa shape index (κ2) is 16.9. The molecule has 0 saturated heterocycles. The smallest absolute Gasteiger partial charge is 0.0701 e. The maximum atomic E-state index is 5.50. The van der Waals surface area contributed by atoms with Crippen LogP contribution in [0.2, 0.25) is 0 Å². The average Bonchev–Trinajstić information content (AvgIpc) is 2.48. The highest BCUT2D eigenvalue weighted by Gasteiger charge is 2.01. The summed E-state index contributed by atoms with van der Waals surface area (Å²) in [4.78, 5) is 0. The van der Waals surface area contributed by atoms with Crippen LogP contribution in [0, 0.1) is 5.92 Å². The topological polar surface area (TPSA) is 39.7 Å². The van der Waals surface area contributed by atoms with Gasteiger partial charge in [-0.15, -0.1) is 0 Å². The SMILES string of the molecule is CCCCOCCOCCOCCNCC(CC)CC. The number of ether oxygens (including phenoxy) is 3. The van der Waals surface area contributed by atoms with Gasteiger partial charge in [-0.05, 0) is 18.9 Å². The van der Waals surface area contributed by atoms with E-state index >= 15 is 0 Å². The maximum Gasteiger partial charge on any atom is 0.0701 e. The Morgan fingerprint density at radius 3 is 1.85 bits per heavy atom. The van der Waals surface area contributed by atoms with Gasteiger partial charge < -0.3 is 19.5 Å². The van der Waals surface area contributed by atoms with Crippen LogP contribution in [0.25, 0.3) is 0 Å². The van der Waals surface area contributed by atoms with E-state index in [9.17, 15) is 0 Å². The Morgan fingerprint density at radius 2 is 1.30 bits per heavy atom. The van der Waals surface area contributed by atoms with Crippen LogP contribution in [0.1, 0.15) is 46.5 Å². The van der Waals surface area contributed by atoms with Gasteiger partial charge in [0.15, 0.2) is 0 Å². The lowest BCUT2D eigenvalue weighted by Crippen LogP contribution is -2.26. The highest BCUT2D eigenvalue weighted by molar-refractivity contribution is 4.57. The molecular weight excluding hydrogens is 254 g/mol. The molecular formula is C16H35NO3. The number of rotatable bonds is 16. The molecule has 0 unspecified atom stereocenters. The van der Waals surface area contributed by atoms with Crippen molar-refractivity contribution in [2.24, 2.45) is 5.92 Å². The summed E-state index contributed by atoms with van der Waals surface area (Å²) in [5.74, 6) is 0.797. The summed E-state index contributed by atoms with van der Waals surface area (Å²) in [7, 11) is 0. The van der Waals surface area contributed by atoms with Crippen molar-refractivity contribution in [2.75, 3.05) is 52.7 Å². The van der Waals surface area contributed by atoms with E-state index in [0.29, 0.717) is 26.4 Å². The standard InChI is InChI=1S/C16H35NO3/c1-4-7-9-18-11-13-20-14-12-19-10-8-17-15-16(5-2)6-3/h16-17H,4-15H2,1-3H3. The van der Waals surface area contributed by atoms with Gasteiger partial charge in [-0.3, -0.25) is 0 Å². The van der Waals surface area contributed by atoms with E-state index in [2.05, 4.69) is 26.1 Å². The normalized spacial score (nSPS) is 11.4. The van der Waals surface area contributed by atoms with Crippen molar-refractivity contribution >= 4 is 0 Å². The molecule has 0 heterocycles. The van der Waals surface area contributed by atoms with Gasteiger partial charge in [0.1, 0.15) is 0 Å². The van der Waals surface area contributed by atoms with Crippen molar-refractivity contribution in [1.82, 2.24) is 5.32 Å². The molecule has 0 bridgehead atoms. The number of nitrogens with one attached hydrogen (secondary N) is 1. The van der Waals surface area contributed by atoms with Crippen LogP contribution in [0.4, 0.5) is 0 Å². The Kier molecular flexibility index (Phi) is 16.8. The number of unbranched alkanes of at least 4 members (excludes halogenated alkanes) is 1. The maximum absolute atomic E-state index is 5.50. The van der Waals surface area contributed by atoms with Gasteiger partial charge in [-0.25, -0.2) is 0 Å². The summed E-state index contributed by atoms with van der Waals surface area (Å²) in [5.41, 5.74) is 0. The zero-order valence-corrected chi connectivity index (χ0v) is 13.8. The molecule has 0 atom stereocenters. The van der Waals surface area contributed by atoms with Gasteiger partial charge in [-0.1, -0.05) is 40.0 Å². The van der Waals surface area contributed by atoms with E-state index in [-0.39, 0.29) is 0 Å². The van der Waals surface area contributed by atoms with Gasteiger partial charge in [0.2, 0.25) is 0 Å². The van der Waals surface area contributed by atoms with Crippen molar-refractivity contribution in [2.45, 2.75) is 46.5 Å². The van der Waals surface area contributed by atoms with Crippen LogP contribution >= 0.6 is 0 Å². The van der Waals surface area contributed by atoms with Crippen LogP contribution in [0.5, 0.6) is 0 Å². The highest BCUT2D eigenvalue weighted by Crippen LogP contribution is 2.04. The quantitative estimate of drug-likeness (QED) is 0.444. The minimum Gasteiger partial charge on any atom is -0.379 e.